The van der Waals surface area contributed by atoms with E-state index < -0.39 is 11.8 Å². The van der Waals surface area contributed by atoms with Gasteiger partial charge in [-0.25, -0.2) is 0 Å². The standard InChI is InChI=1S/C9H7F2N3O/c1-6-2-4-7(5-3-6)8(15)9(10,11)13-14-12/h2-5H,1H3. The van der Waals surface area contributed by atoms with E-state index in [4.69, 9.17) is 5.53 Å². The first kappa shape index (κ1) is 11.1. The fraction of sp³-hybridized carbons (Fsp3) is 0.222. The van der Waals surface area contributed by atoms with E-state index in [9.17, 15) is 13.6 Å². The van der Waals surface area contributed by atoms with Crippen LogP contribution < -0.4 is 0 Å². The Balaban J connectivity index is 3.04. The van der Waals surface area contributed by atoms with Crippen LogP contribution in [0.5, 0.6) is 0 Å². The van der Waals surface area contributed by atoms with Crippen LogP contribution in [0.2, 0.25) is 0 Å². The molecule has 1 aromatic carbocycles. The van der Waals surface area contributed by atoms with Gasteiger partial charge in [-0.05, 0) is 17.6 Å². The van der Waals surface area contributed by atoms with E-state index in [2.05, 4.69) is 5.11 Å². The van der Waals surface area contributed by atoms with Gasteiger partial charge in [-0.3, -0.25) is 4.79 Å². The molecule has 0 atom stereocenters. The molecule has 15 heavy (non-hydrogen) atoms. The molecule has 4 nitrogen and oxygen atoms in total. The Labute approximate surface area is 84.2 Å². The van der Waals surface area contributed by atoms with Crippen LogP contribution in [0.15, 0.2) is 29.4 Å². The average Bonchev–Trinajstić information content (AvgIpc) is 2.18. The molecule has 78 valence electrons. The summed E-state index contributed by atoms with van der Waals surface area (Å²) in [6, 6.07) is 1.56. The number of hydrogen-bond donors (Lipinski definition) is 0. The Morgan fingerprint density at radius 3 is 2.40 bits per heavy atom. The van der Waals surface area contributed by atoms with Gasteiger partial charge in [0.2, 0.25) is 5.78 Å². The highest BCUT2D eigenvalue weighted by molar-refractivity contribution is 6.01. The lowest BCUT2D eigenvalue weighted by atomic mass is 10.1. The van der Waals surface area contributed by atoms with Crippen molar-refractivity contribution in [3.63, 3.8) is 0 Å². The predicted octanol–water partition coefficient (Wildman–Crippen LogP) is 3.08. The highest BCUT2D eigenvalue weighted by Gasteiger charge is 2.38. The number of nitrogens with zero attached hydrogens (tertiary/aromatic N) is 3. The molecule has 0 bridgehead atoms. The van der Waals surface area contributed by atoms with Crippen molar-refractivity contribution >= 4 is 5.78 Å². The van der Waals surface area contributed by atoms with Gasteiger partial charge in [0.1, 0.15) is 0 Å². The average molecular weight is 211 g/mol. The fourth-order valence-corrected chi connectivity index (χ4v) is 0.980. The van der Waals surface area contributed by atoms with Crippen LogP contribution in [0, 0.1) is 6.92 Å². The predicted molar refractivity (Wildman–Crippen MR) is 49.6 cm³/mol. The van der Waals surface area contributed by atoms with E-state index in [0.29, 0.717) is 0 Å². The number of Topliss-reactive ketones (excluding diaryl/α,β-unsaturated/α-hetero) is 1. The third-order valence-electron chi connectivity index (χ3n) is 1.76. The Bertz CT molecular complexity index is 421. The van der Waals surface area contributed by atoms with E-state index >= 15 is 0 Å². The number of benzene rings is 1. The van der Waals surface area contributed by atoms with Gasteiger partial charge < -0.3 is 0 Å². The minimum absolute atomic E-state index is 0.182. The van der Waals surface area contributed by atoms with Crippen LogP contribution in [0.4, 0.5) is 8.78 Å². The van der Waals surface area contributed by atoms with Crippen molar-refractivity contribution in [2.75, 3.05) is 0 Å². The van der Waals surface area contributed by atoms with E-state index in [-0.39, 0.29) is 5.56 Å². The maximum atomic E-state index is 12.8. The number of ketones is 1. The number of carbonyl (C=O) groups is 1. The van der Waals surface area contributed by atoms with Crippen LogP contribution in [-0.2, 0) is 0 Å². The molecule has 0 radical (unpaired) electrons. The van der Waals surface area contributed by atoms with Gasteiger partial charge in [-0.15, -0.1) is 0 Å². The lowest BCUT2D eigenvalue weighted by Gasteiger charge is -2.07. The minimum atomic E-state index is -4.02. The summed E-state index contributed by atoms with van der Waals surface area (Å²) in [7, 11) is 0. The molecule has 1 rings (SSSR count). The lowest BCUT2D eigenvalue weighted by molar-refractivity contribution is 0.0148. The fourth-order valence-electron chi connectivity index (χ4n) is 0.980. The second kappa shape index (κ2) is 4.06. The molecule has 0 amide bonds. The SMILES string of the molecule is Cc1ccc(C(=O)C(F)(F)N=[N+]=[N-])cc1. The topological polar surface area (TPSA) is 65.8 Å². The minimum Gasteiger partial charge on any atom is -0.287 e. The molecule has 0 N–H and O–H groups in total. The highest BCUT2D eigenvalue weighted by atomic mass is 19.3. The maximum Gasteiger partial charge on any atom is 0.387 e. The van der Waals surface area contributed by atoms with Gasteiger partial charge >= 0.3 is 6.05 Å². The normalized spacial score (nSPS) is 10.6. The molecule has 6 heteroatoms. The molecule has 0 aliphatic carbocycles. The summed E-state index contributed by atoms with van der Waals surface area (Å²) in [5.41, 5.74) is 8.53. The summed E-state index contributed by atoms with van der Waals surface area (Å²) in [6.07, 6.45) is 0. The first-order chi connectivity index (χ1) is 6.97. The summed E-state index contributed by atoms with van der Waals surface area (Å²) in [5.74, 6) is -1.50. The molecular formula is C9H7F2N3O. The first-order valence-electron chi connectivity index (χ1n) is 4.03. The molecule has 0 aromatic heterocycles. The van der Waals surface area contributed by atoms with E-state index in [1.54, 1.807) is 6.92 Å². The van der Waals surface area contributed by atoms with Crippen molar-refractivity contribution in [1.82, 2.24) is 0 Å². The molecule has 0 aliphatic rings. The van der Waals surface area contributed by atoms with E-state index in [1.807, 2.05) is 4.91 Å². The van der Waals surface area contributed by atoms with E-state index in [0.717, 1.165) is 5.56 Å². The smallest absolute Gasteiger partial charge is 0.287 e. The number of azide groups is 1. The maximum absolute atomic E-state index is 12.8. The molecule has 0 heterocycles. The van der Waals surface area contributed by atoms with Crippen molar-refractivity contribution in [2.24, 2.45) is 5.11 Å². The number of hydrogen-bond acceptors (Lipinski definition) is 2. The zero-order valence-corrected chi connectivity index (χ0v) is 7.82. The Hall–Kier alpha value is -1.94. The number of aryl methyl sites for hydroxylation is 1. The number of alkyl halides is 2. The zero-order valence-electron chi connectivity index (χ0n) is 7.82. The number of carbonyl (C=O) groups excluding carboxylic acids is 1. The Kier molecular flexibility index (Phi) is 3.01. The molecule has 0 unspecified atom stereocenters. The monoisotopic (exact) mass is 211 g/mol. The van der Waals surface area contributed by atoms with Crippen LogP contribution in [0.3, 0.4) is 0 Å². The Morgan fingerprint density at radius 2 is 1.93 bits per heavy atom. The second-order valence-corrected chi connectivity index (χ2v) is 2.93. The molecule has 0 fully saturated rings. The first-order valence-corrected chi connectivity index (χ1v) is 4.03. The lowest BCUT2D eigenvalue weighted by Crippen LogP contribution is -2.25. The van der Waals surface area contributed by atoms with E-state index in [1.165, 1.54) is 24.3 Å². The number of rotatable bonds is 3. The van der Waals surface area contributed by atoms with Crippen LogP contribution >= 0.6 is 0 Å². The van der Waals surface area contributed by atoms with Gasteiger partial charge in [0, 0.05) is 10.5 Å². The highest BCUT2D eigenvalue weighted by Crippen LogP contribution is 2.22. The van der Waals surface area contributed by atoms with Crippen molar-refractivity contribution in [3.05, 3.63) is 45.8 Å². The van der Waals surface area contributed by atoms with Crippen LogP contribution in [0.1, 0.15) is 15.9 Å². The van der Waals surface area contributed by atoms with Gasteiger partial charge in [0.25, 0.3) is 0 Å². The molecule has 0 aliphatic heterocycles. The summed E-state index contributed by atoms with van der Waals surface area (Å²) < 4.78 is 25.7. The Morgan fingerprint density at radius 1 is 1.40 bits per heavy atom. The second-order valence-electron chi connectivity index (χ2n) is 2.93. The van der Waals surface area contributed by atoms with Crippen molar-refractivity contribution in [3.8, 4) is 0 Å². The van der Waals surface area contributed by atoms with Crippen LogP contribution in [0.25, 0.3) is 10.4 Å². The zero-order chi connectivity index (χ0) is 11.5. The van der Waals surface area contributed by atoms with Gasteiger partial charge in [-0.1, -0.05) is 29.8 Å². The quantitative estimate of drug-likeness (QED) is 0.249. The third kappa shape index (κ3) is 2.51. The van der Waals surface area contributed by atoms with Crippen LogP contribution in [-0.4, -0.2) is 11.8 Å². The van der Waals surface area contributed by atoms with Gasteiger partial charge in [0.15, 0.2) is 0 Å². The van der Waals surface area contributed by atoms with Crippen molar-refractivity contribution in [1.29, 1.82) is 0 Å². The molecule has 1 aromatic rings. The summed E-state index contributed by atoms with van der Waals surface area (Å²) in [4.78, 5) is 13.1. The summed E-state index contributed by atoms with van der Waals surface area (Å²) >= 11 is 0. The van der Waals surface area contributed by atoms with Gasteiger partial charge in [0.05, 0.1) is 0 Å². The molecule has 0 saturated carbocycles. The molecule has 0 saturated heterocycles. The molecule has 0 spiro atoms. The number of halogens is 2. The summed E-state index contributed by atoms with van der Waals surface area (Å²) in [6.45, 7) is 1.76. The van der Waals surface area contributed by atoms with Crippen molar-refractivity contribution < 1.29 is 13.6 Å². The molecular weight excluding hydrogens is 204 g/mol. The largest absolute Gasteiger partial charge is 0.387 e. The third-order valence-corrected chi connectivity index (χ3v) is 1.76. The summed E-state index contributed by atoms with van der Waals surface area (Å²) in [5, 5.41) is 2.15. The van der Waals surface area contributed by atoms with Gasteiger partial charge in [-0.2, -0.15) is 8.78 Å². The van der Waals surface area contributed by atoms with Crippen molar-refractivity contribution in [2.45, 2.75) is 13.0 Å².